The maximum atomic E-state index is 12.7. The first-order chi connectivity index (χ1) is 12.0. The molecule has 0 radical (unpaired) electrons. The Balaban J connectivity index is 1.86. The zero-order valence-electron chi connectivity index (χ0n) is 14.3. The highest BCUT2D eigenvalue weighted by molar-refractivity contribution is 6.00. The van der Waals surface area contributed by atoms with Crippen molar-refractivity contribution in [1.82, 2.24) is 15.5 Å². The normalized spacial score (nSPS) is 10.7. The quantitative estimate of drug-likeness (QED) is 0.766. The first kappa shape index (κ1) is 16.7. The number of nitrogens with zero attached hydrogens (tertiary/aromatic N) is 1. The van der Waals surface area contributed by atoms with E-state index in [-0.39, 0.29) is 18.0 Å². The molecule has 6 heteroatoms. The van der Waals surface area contributed by atoms with E-state index in [1.54, 1.807) is 6.92 Å². The molecule has 0 unspecified atom stereocenters. The lowest BCUT2D eigenvalue weighted by Gasteiger charge is -2.08. The minimum atomic E-state index is -0.322. The van der Waals surface area contributed by atoms with Gasteiger partial charge < -0.3 is 14.8 Å². The first-order valence-corrected chi connectivity index (χ1v) is 7.96. The van der Waals surface area contributed by atoms with Crippen molar-refractivity contribution in [1.29, 1.82) is 0 Å². The van der Waals surface area contributed by atoms with Crippen molar-refractivity contribution in [2.24, 2.45) is 0 Å². The first-order valence-electron chi connectivity index (χ1n) is 7.96. The van der Waals surface area contributed by atoms with Gasteiger partial charge in [0.25, 0.3) is 11.5 Å². The molecule has 1 amide bonds. The molecule has 2 heterocycles. The summed E-state index contributed by atoms with van der Waals surface area (Å²) in [5.74, 6) is 0.114. The minimum absolute atomic E-state index is 0.138. The summed E-state index contributed by atoms with van der Waals surface area (Å²) >= 11 is 0. The molecule has 0 fully saturated rings. The van der Waals surface area contributed by atoms with Crippen molar-refractivity contribution in [3.05, 3.63) is 74.9 Å². The van der Waals surface area contributed by atoms with Crippen molar-refractivity contribution in [2.45, 2.75) is 27.3 Å². The Labute approximate surface area is 144 Å². The van der Waals surface area contributed by atoms with Gasteiger partial charge in [-0.05, 0) is 32.4 Å². The second kappa shape index (κ2) is 6.76. The maximum Gasteiger partial charge on any atom is 0.257 e. The van der Waals surface area contributed by atoms with Gasteiger partial charge in [-0.2, -0.15) is 0 Å². The van der Waals surface area contributed by atoms with Gasteiger partial charge in [0.15, 0.2) is 0 Å². The van der Waals surface area contributed by atoms with Crippen LogP contribution < -0.4 is 10.9 Å². The van der Waals surface area contributed by atoms with Crippen LogP contribution in [0.1, 0.15) is 32.9 Å². The van der Waals surface area contributed by atoms with Crippen molar-refractivity contribution < 1.29 is 9.32 Å². The molecular weight excluding hydrogens is 318 g/mol. The third-order valence-electron chi connectivity index (χ3n) is 4.06. The Morgan fingerprint density at radius 1 is 1.20 bits per heavy atom. The van der Waals surface area contributed by atoms with Gasteiger partial charge in [0.2, 0.25) is 0 Å². The minimum Gasteiger partial charge on any atom is -0.360 e. The molecule has 128 valence electrons. The highest BCUT2D eigenvalue weighted by Gasteiger charge is 2.21. The van der Waals surface area contributed by atoms with E-state index in [4.69, 9.17) is 4.52 Å². The molecule has 0 saturated heterocycles. The van der Waals surface area contributed by atoms with E-state index in [9.17, 15) is 9.59 Å². The summed E-state index contributed by atoms with van der Waals surface area (Å²) in [6, 6.07) is 11.2. The number of hydrogen-bond acceptors (Lipinski definition) is 4. The van der Waals surface area contributed by atoms with E-state index < -0.39 is 0 Å². The monoisotopic (exact) mass is 337 g/mol. The SMILES string of the molecule is Cc1cc(C)c(CNC(=O)c2c(-c3ccccc3)noc2C)c(=O)[nH]1. The standard InChI is InChI=1S/C19H19N3O3/c1-11-9-12(2)21-18(23)15(11)10-20-19(24)16-13(3)25-22-17(16)14-7-5-4-6-8-14/h4-9H,10H2,1-3H3,(H,20,24)(H,21,23). The maximum absolute atomic E-state index is 12.7. The van der Waals surface area contributed by atoms with E-state index >= 15 is 0 Å². The highest BCUT2D eigenvalue weighted by atomic mass is 16.5. The Hall–Kier alpha value is -3.15. The van der Waals surface area contributed by atoms with Crippen LogP contribution in [-0.2, 0) is 6.54 Å². The summed E-state index contributed by atoms with van der Waals surface area (Å²) in [6.45, 7) is 5.50. The zero-order valence-corrected chi connectivity index (χ0v) is 14.3. The van der Waals surface area contributed by atoms with E-state index in [1.807, 2.05) is 50.2 Å². The molecule has 2 aromatic heterocycles. The summed E-state index contributed by atoms with van der Waals surface area (Å²) in [7, 11) is 0. The lowest BCUT2D eigenvalue weighted by atomic mass is 10.1. The van der Waals surface area contributed by atoms with Crippen molar-refractivity contribution in [3.8, 4) is 11.3 Å². The fourth-order valence-electron chi connectivity index (χ4n) is 2.79. The van der Waals surface area contributed by atoms with Crippen LogP contribution in [0.4, 0.5) is 0 Å². The molecule has 1 aromatic carbocycles. The van der Waals surface area contributed by atoms with Crippen LogP contribution in [0, 0.1) is 20.8 Å². The third-order valence-corrected chi connectivity index (χ3v) is 4.06. The van der Waals surface area contributed by atoms with Gasteiger partial charge in [-0.15, -0.1) is 0 Å². The molecule has 0 aliphatic carbocycles. The Morgan fingerprint density at radius 3 is 2.60 bits per heavy atom. The van der Waals surface area contributed by atoms with Crippen LogP contribution >= 0.6 is 0 Å². The van der Waals surface area contributed by atoms with E-state index in [2.05, 4.69) is 15.5 Å². The van der Waals surface area contributed by atoms with E-state index in [1.165, 1.54) is 0 Å². The number of aromatic amines is 1. The second-order valence-electron chi connectivity index (χ2n) is 5.95. The average Bonchev–Trinajstić information content (AvgIpc) is 2.96. The molecule has 0 aliphatic heterocycles. The van der Waals surface area contributed by atoms with Crippen LogP contribution in [-0.4, -0.2) is 16.0 Å². The largest absolute Gasteiger partial charge is 0.360 e. The second-order valence-corrected chi connectivity index (χ2v) is 5.95. The van der Waals surface area contributed by atoms with Gasteiger partial charge in [-0.3, -0.25) is 9.59 Å². The number of aromatic nitrogens is 2. The molecule has 25 heavy (non-hydrogen) atoms. The lowest BCUT2D eigenvalue weighted by molar-refractivity contribution is 0.0950. The molecule has 0 aliphatic rings. The van der Waals surface area contributed by atoms with E-state index in [0.29, 0.717) is 22.6 Å². The number of amides is 1. The van der Waals surface area contributed by atoms with Gasteiger partial charge in [0, 0.05) is 23.4 Å². The highest BCUT2D eigenvalue weighted by Crippen LogP contribution is 2.24. The fraction of sp³-hybridized carbons (Fsp3) is 0.211. The third kappa shape index (κ3) is 3.38. The van der Waals surface area contributed by atoms with E-state index in [0.717, 1.165) is 16.8 Å². The number of nitrogens with one attached hydrogen (secondary N) is 2. The molecule has 0 saturated carbocycles. The fourth-order valence-corrected chi connectivity index (χ4v) is 2.79. The number of H-pyrrole nitrogens is 1. The van der Waals surface area contributed by atoms with Crippen LogP contribution in [0.3, 0.4) is 0 Å². The summed E-state index contributed by atoms with van der Waals surface area (Å²) in [6.07, 6.45) is 0. The predicted molar refractivity (Wildman–Crippen MR) is 94.4 cm³/mol. The average molecular weight is 337 g/mol. The Morgan fingerprint density at radius 2 is 1.92 bits per heavy atom. The number of carbonyl (C=O) groups is 1. The van der Waals surface area contributed by atoms with Crippen LogP contribution in [0.2, 0.25) is 0 Å². The summed E-state index contributed by atoms with van der Waals surface area (Å²) in [4.78, 5) is 27.5. The van der Waals surface area contributed by atoms with Gasteiger partial charge in [0.05, 0.1) is 0 Å². The summed E-state index contributed by atoms with van der Waals surface area (Å²) < 4.78 is 5.21. The summed E-state index contributed by atoms with van der Waals surface area (Å²) in [5, 5.41) is 6.80. The molecule has 0 atom stereocenters. The van der Waals surface area contributed by atoms with Crippen LogP contribution in [0.25, 0.3) is 11.3 Å². The molecule has 3 aromatic rings. The Bertz CT molecular complexity index is 971. The molecule has 6 nitrogen and oxygen atoms in total. The molecule has 0 bridgehead atoms. The van der Waals surface area contributed by atoms with Crippen LogP contribution in [0.5, 0.6) is 0 Å². The molecule has 3 rings (SSSR count). The van der Waals surface area contributed by atoms with Gasteiger partial charge in [0.1, 0.15) is 17.0 Å². The summed E-state index contributed by atoms with van der Waals surface area (Å²) in [5.41, 5.74) is 3.65. The number of pyridine rings is 1. The topological polar surface area (TPSA) is 88.0 Å². The van der Waals surface area contributed by atoms with Crippen molar-refractivity contribution >= 4 is 5.91 Å². The lowest BCUT2D eigenvalue weighted by Crippen LogP contribution is -2.28. The van der Waals surface area contributed by atoms with Crippen molar-refractivity contribution in [2.75, 3.05) is 0 Å². The zero-order chi connectivity index (χ0) is 18.0. The molecule has 2 N–H and O–H groups in total. The van der Waals surface area contributed by atoms with Crippen LogP contribution in [0.15, 0.2) is 45.7 Å². The number of carbonyl (C=O) groups excluding carboxylic acids is 1. The molecule has 0 spiro atoms. The predicted octanol–water partition coefficient (Wildman–Crippen LogP) is 2.89. The Kier molecular flexibility index (Phi) is 4.52. The molecular formula is C19H19N3O3. The van der Waals surface area contributed by atoms with Gasteiger partial charge in [-0.25, -0.2) is 0 Å². The number of rotatable bonds is 4. The van der Waals surface area contributed by atoms with Gasteiger partial charge >= 0.3 is 0 Å². The van der Waals surface area contributed by atoms with Crippen molar-refractivity contribution in [3.63, 3.8) is 0 Å². The number of benzene rings is 1. The smallest absolute Gasteiger partial charge is 0.257 e. The van der Waals surface area contributed by atoms with Gasteiger partial charge in [-0.1, -0.05) is 35.5 Å². The number of aryl methyl sites for hydroxylation is 3. The number of hydrogen-bond donors (Lipinski definition) is 2.